The van der Waals surface area contributed by atoms with Crippen LogP contribution in [-0.4, -0.2) is 30.1 Å². The molecule has 2 saturated heterocycles. The molecule has 3 heteroatoms. The maximum absolute atomic E-state index is 3.73. The standard InChI is InChI=1S/C16H23IN2/c1-11(12-3-5-13(17)6-4-12)19(2)16-9-14-7-8-15(10-16)18-14/h3-6,11,14-16,18H,7-10H2,1-2H3. The first kappa shape index (κ1) is 13.8. The van der Waals surface area contributed by atoms with Gasteiger partial charge in [-0.25, -0.2) is 0 Å². The van der Waals surface area contributed by atoms with Crippen molar-refractivity contribution in [3.05, 3.63) is 33.4 Å². The Morgan fingerprint density at radius 1 is 1.16 bits per heavy atom. The molecule has 1 N–H and O–H groups in total. The summed E-state index contributed by atoms with van der Waals surface area (Å²) in [5, 5.41) is 3.73. The molecule has 0 spiro atoms. The molecule has 2 nitrogen and oxygen atoms in total. The molecule has 2 aliphatic rings. The van der Waals surface area contributed by atoms with Crippen LogP contribution < -0.4 is 5.32 Å². The van der Waals surface area contributed by atoms with Gasteiger partial charge in [-0.15, -0.1) is 0 Å². The molecule has 2 bridgehead atoms. The lowest BCUT2D eigenvalue weighted by Gasteiger charge is -2.39. The van der Waals surface area contributed by atoms with E-state index in [2.05, 4.69) is 71.0 Å². The van der Waals surface area contributed by atoms with Crippen LogP contribution in [0.3, 0.4) is 0 Å². The summed E-state index contributed by atoms with van der Waals surface area (Å²) in [5.74, 6) is 0. The van der Waals surface area contributed by atoms with Gasteiger partial charge in [-0.2, -0.15) is 0 Å². The highest BCUT2D eigenvalue weighted by molar-refractivity contribution is 14.1. The minimum absolute atomic E-state index is 0.513. The molecule has 3 rings (SSSR count). The Hall–Kier alpha value is -0.130. The van der Waals surface area contributed by atoms with E-state index in [9.17, 15) is 0 Å². The molecule has 2 heterocycles. The lowest BCUT2D eigenvalue weighted by Crippen LogP contribution is -2.47. The number of halogens is 1. The van der Waals surface area contributed by atoms with Gasteiger partial charge in [0, 0.05) is 27.7 Å². The van der Waals surface area contributed by atoms with Gasteiger partial charge in [0.1, 0.15) is 0 Å². The number of fused-ring (bicyclic) bond motifs is 2. The van der Waals surface area contributed by atoms with Gasteiger partial charge in [-0.3, -0.25) is 4.90 Å². The average Bonchev–Trinajstić information content (AvgIpc) is 2.76. The number of piperidine rings is 1. The minimum Gasteiger partial charge on any atom is -0.311 e. The van der Waals surface area contributed by atoms with Crippen LogP contribution in [-0.2, 0) is 0 Å². The van der Waals surface area contributed by atoms with E-state index in [1.165, 1.54) is 34.8 Å². The van der Waals surface area contributed by atoms with Crippen molar-refractivity contribution >= 4 is 22.6 Å². The largest absolute Gasteiger partial charge is 0.311 e. The number of hydrogen-bond donors (Lipinski definition) is 1. The maximum atomic E-state index is 3.73. The fourth-order valence-corrected chi connectivity index (χ4v) is 4.01. The van der Waals surface area contributed by atoms with E-state index in [1.54, 1.807) is 0 Å². The second-order valence-corrected chi connectivity index (χ2v) is 7.40. The van der Waals surface area contributed by atoms with E-state index >= 15 is 0 Å². The van der Waals surface area contributed by atoms with Gasteiger partial charge >= 0.3 is 0 Å². The second-order valence-electron chi connectivity index (χ2n) is 6.16. The molecule has 19 heavy (non-hydrogen) atoms. The van der Waals surface area contributed by atoms with Crippen LogP contribution in [0.4, 0.5) is 0 Å². The van der Waals surface area contributed by atoms with Crippen LogP contribution in [0.2, 0.25) is 0 Å². The summed E-state index contributed by atoms with van der Waals surface area (Å²) in [6.07, 6.45) is 5.41. The van der Waals surface area contributed by atoms with Crippen LogP contribution in [0.1, 0.15) is 44.2 Å². The number of benzene rings is 1. The number of nitrogens with zero attached hydrogens (tertiary/aromatic N) is 1. The number of nitrogens with one attached hydrogen (secondary N) is 1. The van der Waals surface area contributed by atoms with Crippen molar-refractivity contribution in [2.75, 3.05) is 7.05 Å². The Balaban J connectivity index is 1.69. The predicted octanol–water partition coefficient (Wildman–Crippen LogP) is 3.57. The minimum atomic E-state index is 0.513. The molecule has 0 saturated carbocycles. The summed E-state index contributed by atoms with van der Waals surface area (Å²) in [7, 11) is 2.30. The lowest BCUT2D eigenvalue weighted by molar-refractivity contribution is 0.132. The first-order valence-corrected chi connectivity index (χ1v) is 8.45. The Morgan fingerprint density at radius 2 is 1.74 bits per heavy atom. The third-order valence-electron chi connectivity index (χ3n) is 4.99. The zero-order valence-corrected chi connectivity index (χ0v) is 13.9. The molecule has 0 radical (unpaired) electrons. The van der Waals surface area contributed by atoms with Crippen molar-refractivity contribution < 1.29 is 0 Å². The van der Waals surface area contributed by atoms with Crippen LogP contribution >= 0.6 is 22.6 Å². The first-order chi connectivity index (χ1) is 9.13. The van der Waals surface area contributed by atoms with Crippen molar-refractivity contribution in [3.63, 3.8) is 0 Å². The third-order valence-corrected chi connectivity index (χ3v) is 5.71. The second kappa shape index (κ2) is 5.70. The van der Waals surface area contributed by atoms with Crippen LogP contribution in [0.15, 0.2) is 24.3 Å². The summed E-state index contributed by atoms with van der Waals surface area (Å²) in [5.41, 5.74) is 1.44. The molecule has 2 aliphatic heterocycles. The zero-order valence-electron chi connectivity index (χ0n) is 11.8. The summed E-state index contributed by atoms with van der Waals surface area (Å²) in [4.78, 5) is 2.59. The Labute approximate surface area is 130 Å². The van der Waals surface area contributed by atoms with E-state index < -0.39 is 0 Å². The van der Waals surface area contributed by atoms with E-state index in [1.807, 2.05) is 0 Å². The highest BCUT2D eigenvalue weighted by atomic mass is 127. The van der Waals surface area contributed by atoms with Gasteiger partial charge in [-0.05, 0) is 79.9 Å². The highest BCUT2D eigenvalue weighted by Gasteiger charge is 2.36. The fraction of sp³-hybridized carbons (Fsp3) is 0.625. The Kier molecular flexibility index (Phi) is 4.15. The van der Waals surface area contributed by atoms with E-state index in [0.717, 1.165) is 18.1 Å². The SMILES string of the molecule is CC(c1ccc(I)cc1)N(C)C1CC2CCC(C1)N2. The van der Waals surface area contributed by atoms with Crippen molar-refractivity contribution in [2.24, 2.45) is 0 Å². The van der Waals surface area contributed by atoms with Gasteiger partial charge in [0.05, 0.1) is 0 Å². The van der Waals surface area contributed by atoms with Crippen molar-refractivity contribution in [1.29, 1.82) is 0 Å². The molecule has 1 aromatic carbocycles. The highest BCUT2D eigenvalue weighted by Crippen LogP contribution is 2.32. The number of hydrogen-bond acceptors (Lipinski definition) is 2. The predicted molar refractivity (Wildman–Crippen MR) is 88.3 cm³/mol. The Bertz CT molecular complexity index is 419. The normalized spacial score (nSPS) is 31.7. The third kappa shape index (κ3) is 2.98. The summed E-state index contributed by atoms with van der Waals surface area (Å²) >= 11 is 2.37. The Morgan fingerprint density at radius 3 is 2.32 bits per heavy atom. The molecule has 0 aliphatic carbocycles. The van der Waals surface area contributed by atoms with E-state index in [-0.39, 0.29) is 0 Å². The fourth-order valence-electron chi connectivity index (χ4n) is 3.65. The molecule has 3 unspecified atom stereocenters. The summed E-state index contributed by atoms with van der Waals surface area (Å²) in [6, 6.07) is 11.8. The van der Waals surface area contributed by atoms with Gasteiger partial charge in [0.2, 0.25) is 0 Å². The van der Waals surface area contributed by atoms with Gasteiger partial charge < -0.3 is 5.32 Å². The van der Waals surface area contributed by atoms with Crippen LogP contribution in [0, 0.1) is 3.57 Å². The van der Waals surface area contributed by atoms with Crippen molar-refractivity contribution in [2.45, 2.75) is 56.8 Å². The van der Waals surface area contributed by atoms with Crippen LogP contribution in [0.5, 0.6) is 0 Å². The van der Waals surface area contributed by atoms with Gasteiger partial charge in [0.15, 0.2) is 0 Å². The van der Waals surface area contributed by atoms with Crippen molar-refractivity contribution in [3.8, 4) is 0 Å². The topological polar surface area (TPSA) is 15.3 Å². The lowest BCUT2D eigenvalue weighted by atomic mass is 9.96. The summed E-state index contributed by atoms with van der Waals surface area (Å²) in [6.45, 7) is 2.34. The molecule has 2 fully saturated rings. The monoisotopic (exact) mass is 370 g/mol. The molecule has 3 atom stereocenters. The molecular formula is C16H23IN2. The average molecular weight is 370 g/mol. The van der Waals surface area contributed by atoms with Crippen LogP contribution in [0.25, 0.3) is 0 Å². The number of rotatable bonds is 3. The first-order valence-electron chi connectivity index (χ1n) is 7.37. The smallest absolute Gasteiger partial charge is 0.0319 e. The van der Waals surface area contributed by atoms with E-state index in [4.69, 9.17) is 0 Å². The zero-order chi connectivity index (χ0) is 13.4. The van der Waals surface area contributed by atoms with E-state index in [0.29, 0.717) is 6.04 Å². The quantitative estimate of drug-likeness (QED) is 0.819. The van der Waals surface area contributed by atoms with Gasteiger partial charge in [-0.1, -0.05) is 12.1 Å². The van der Waals surface area contributed by atoms with Gasteiger partial charge in [0.25, 0.3) is 0 Å². The summed E-state index contributed by atoms with van der Waals surface area (Å²) < 4.78 is 1.32. The molecule has 104 valence electrons. The molecule has 0 aromatic heterocycles. The van der Waals surface area contributed by atoms with Crippen molar-refractivity contribution in [1.82, 2.24) is 10.2 Å². The molecule has 1 aromatic rings. The molecular weight excluding hydrogens is 347 g/mol. The molecule has 0 amide bonds. The maximum Gasteiger partial charge on any atom is 0.0319 e.